The maximum absolute atomic E-state index is 12.2. The standard InChI is InChI=1S/C18H25N3O4/c1-3-15-18(23)21-14-5-4-12(8-16(14)25-15)11(2)20-17(22)9-13-10-24-7-6-19-13/h4-5,8,11,13,15,19H,3,6-7,9-10H2,1-2H3,(H,20,22)(H,21,23). The van der Waals surface area contributed by atoms with E-state index in [0.29, 0.717) is 37.5 Å². The average molecular weight is 347 g/mol. The van der Waals surface area contributed by atoms with Crippen molar-refractivity contribution >= 4 is 17.5 Å². The zero-order valence-corrected chi connectivity index (χ0v) is 14.6. The van der Waals surface area contributed by atoms with Crippen molar-refractivity contribution < 1.29 is 19.1 Å². The zero-order chi connectivity index (χ0) is 17.8. The first-order valence-corrected chi connectivity index (χ1v) is 8.78. The summed E-state index contributed by atoms with van der Waals surface area (Å²) in [5.74, 6) is 0.507. The molecule has 2 heterocycles. The lowest BCUT2D eigenvalue weighted by molar-refractivity contribution is -0.124. The Morgan fingerprint density at radius 2 is 2.28 bits per heavy atom. The van der Waals surface area contributed by atoms with Crippen LogP contribution in [0, 0.1) is 0 Å². The number of nitrogens with one attached hydrogen (secondary N) is 3. The predicted molar refractivity (Wildman–Crippen MR) is 93.6 cm³/mol. The van der Waals surface area contributed by atoms with E-state index < -0.39 is 6.10 Å². The molecular formula is C18H25N3O4. The van der Waals surface area contributed by atoms with Crippen LogP contribution in [-0.4, -0.2) is 43.7 Å². The maximum Gasteiger partial charge on any atom is 0.265 e. The van der Waals surface area contributed by atoms with E-state index in [0.717, 1.165) is 12.1 Å². The zero-order valence-electron chi connectivity index (χ0n) is 14.6. The summed E-state index contributed by atoms with van der Waals surface area (Å²) in [4.78, 5) is 24.1. The highest BCUT2D eigenvalue weighted by molar-refractivity contribution is 5.97. The van der Waals surface area contributed by atoms with E-state index in [1.165, 1.54) is 0 Å². The van der Waals surface area contributed by atoms with E-state index in [2.05, 4.69) is 16.0 Å². The van der Waals surface area contributed by atoms with E-state index in [4.69, 9.17) is 9.47 Å². The van der Waals surface area contributed by atoms with Gasteiger partial charge in [0.25, 0.3) is 5.91 Å². The molecule has 7 heteroatoms. The molecule has 3 atom stereocenters. The molecule has 0 aromatic heterocycles. The van der Waals surface area contributed by atoms with Crippen LogP contribution in [0.1, 0.15) is 38.3 Å². The number of hydrogen-bond acceptors (Lipinski definition) is 5. The summed E-state index contributed by atoms with van der Waals surface area (Å²) < 4.78 is 11.1. The van der Waals surface area contributed by atoms with Gasteiger partial charge in [-0.15, -0.1) is 0 Å². The van der Waals surface area contributed by atoms with E-state index >= 15 is 0 Å². The van der Waals surface area contributed by atoms with Crippen LogP contribution < -0.4 is 20.7 Å². The highest BCUT2D eigenvalue weighted by Crippen LogP contribution is 2.33. The van der Waals surface area contributed by atoms with Gasteiger partial charge in [0.2, 0.25) is 5.91 Å². The lowest BCUT2D eigenvalue weighted by Gasteiger charge is -2.27. The smallest absolute Gasteiger partial charge is 0.265 e. The van der Waals surface area contributed by atoms with Crippen LogP contribution in [0.3, 0.4) is 0 Å². The van der Waals surface area contributed by atoms with Gasteiger partial charge in [0.15, 0.2) is 6.10 Å². The molecule has 3 unspecified atom stereocenters. The lowest BCUT2D eigenvalue weighted by atomic mass is 10.1. The summed E-state index contributed by atoms with van der Waals surface area (Å²) >= 11 is 0. The molecule has 2 amide bonds. The van der Waals surface area contributed by atoms with Crippen LogP contribution >= 0.6 is 0 Å². The molecule has 1 aromatic rings. The maximum atomic E-state index is 12.2. The molecule has 1 aromatic carbocycles. The van der Waals surface area contributed by atoms with Gasteiger partial charge in [-0.2, -0.15) is 0 Å². The molecule has 0 bridgehead atoms. The summed E-state index contributed by atoms with van der Waals surface area (Å²) in [5.41, 5.74) is 1.60. The highest BCUT2D eigenvalue weighted by Gasteiger charge is 2.26. The van der Waals surface area contributed by atoms with Crippen molar-refractivity contribution in [2.45, 2.75) is 44.9 Å². The Hall–Kier alpha value is -2.12. The monoisotopic (exact) mass is 347 g/mol. The van der Waals surface area contributed by atoms with Gasteiger partial charge in [-0.3, -0.25) is 9.59 Å². The first-order chi connectivity index (χ1) is 12.1. The number of anilines is 1. The number of fused-ring (bicyclic) bond motifs is 1. The van der Waals surface area contributed by atoms with Crippen LogP contribution in [0.15, 0.2) is 18.2 Å². The molecule has 0 spiro atoms. The normalized spacial score (nSPS) is 23.8. The summed E-state index contributed by atoms with van der Waals surface area (Å²) in [7, 11) is 0. The summed E-state index contributed by atoms with van der Waals surface area (Å²) in [6, 6.07) is 5.50. The number of carbonyl (C=O) groups is 2. The minimum atomic E-state index is -0.468. The molecule has 1 fully saturated rings. The van der Waals surface area contributed by atoms with Crippen LogP contribution in [0.2, 0.25) is 0 Å². The molecule has 136 valence electrons. The molecule has 0 radical (unpaired) electrons. The Labute approximate surface area is 147 Å². The Balaban J connectivity index is 1.61. The van der Waals surface area contributed by atoms with Crippen LogP contribution in [0.5, 0.6) is 5.75 Å². The Morgan fingerprint density at radius 1 is 1.44 bits per heavy atom. The average Bonchev–Trinajstić information content (AvgIpc) is 2.61. The first kappa shape index (κ1) is 17.7. The number of ether oxygens (including phenoxy) is 2. The summed E-state index contributed by atoms with van der Waals surface area (Å²) in [5, 5.41) is 9.13. The quantitative estimate of drug-likeness (QED) is 0.748. The van der Waals surface area contributed by atoms with Crippen LogP contribution in [-0.2, 0) is 14.3 Å². The van der Waals surface area contributed by atoms with Crippen molar-refractivity contribution in [2.24, 2.45) is 0 Å². The second-order valence-corrected chi connectivity index (χ2v) is 6.48. The van der Waals surface area contributed by atoms with Gasteiger partial charge in [0, 0.05) is 19.0 Å². The molecule has 2 aliphatic rings. The second kappa shape index (κ2) is 7.84. The highest BCUT2D eigenvalue weighted by atomic mass is 16.5. The molecule has 2 aliphatic heterocycles. The second-order valence-electron chi connectivity index (χ2n) is 6.48. The number of amides is 2. The minimum Gasteiger partial charge on any atom is -0.478 e. The van der Waals surface area contributed by atoms with Gasteiger partial charge in [0.1, 0.15) is 5.75 Å². The predicted octanol–water partition coefficient (Wildman–Crippen LogP) is 1.35. The van der Waals surface area contributed by atoms with Gasteiger partial charge in [0.05, 0.1) is 24.9 Å². The van der Waals surface area contributed by atoms with Crippen molar-refractivity contribution in [1.29, 1.82) is 0 Å². The molecule has 1 saturated heterocycles. The van der Waals surface area contributed by atoms with Crippen molar-refractivity contribution in [1.82, 2.24) is 10.6 Å². The number of benzene rings is 1. The van der Waals surface area contributed by atoms with Crippen molar-refractivity contribution in [3.8, 4) is 5.75 Å². The van der Waals surface area contributed by atoms with Crippen LogP contribution in [0.4, 0.5) is 5.69 Å². The fraction of sp³-hybridized carbons (Fsp3) is 0.556. The summed E-state index contributed by atoms with van der Waals surface area (Å²) in [6.45, 7) is 5.87. The van der Waals surface area contributed by atoms with Gasteiger partial charge < -0.3 is 25.4 Å². The third-order valence-electron chi connectivity index (χ3n) is 4.50. The Morgan fingerprint density at radius 3 is 3.00 bits per heavy atom. The molecule has 3 N–H and O–H groups in total. The molecule has 7 nitrogen and oxygen atoms in total. The third kappa shape index (κ3) is 4.29. The number of rotatable bonds is 5. The summed E-state index contributed by atoms with van der Waals surface area (Å²) in [6.07, 6.45) is 0.530. The van der Waals surface area contributed by atoms with Gasteiger partial charge in [-0.25, -0.2) is 0 Å². The molecule has 25 heavy (non-hydrogen) atoms. The third-order valence-corrected chi connectivity index (χ3v) is 4.50. The van der Waals surface area contributed by atoms with E-state index in [1.807, 2.05) is 32.0 Å². The SMILES string of the molecule is CCC1Oc2cc(C(C)NC(=O)CC3COCCN3)ccc2NC1=O. The fourth-order valence-electron chi connectivity index (χ4n) is 3.06. The Kier molecular flexibility index (Phi) is 5.55. The van der Waals surface area contributed by atoms with Gasteiger partial charge in [-0.1, -0.05) is 13.0 Å². The largest absolute Gasteiger partial charge is 0.478 e. The van der Waals surface area contributed by atoms with Gasteiger partial charge >= 0.3 is 0 Å². The van der Waals surface area contributed by atoms with Crippen molar-refractivity contribution in [3.63, 3.8) is 0 Å². The molecule has 0 saturated carbocycles. The fourth-order valence-corrected chi connectivity index (χ4v) is 3.06. The van der Waals surface area contributed by atoms with Gasteiger partial charge in [-0.05, 0) is 31.0 Å². The van der Waals surface area contributed by atoms with Crippen molar-refractivity contribution in [2.75, 3.05) is 25.1 Å². The molecular weight excluding hydrogens is 322 g/mol. The Bertz CT molecular complexity index is 643. The van der Waals surface area contributed by atoms with E-state index in [9.17, 15) is 9.59 Å². The first-order valence-electron chi connectivity index (χ1n) is 8.78. The lowest BCUT2D eigenvalue weighted by Crippen LogP contribution is -2.44. The van der Waals surface area contributed by atoms with E-state index in [1.54, 1.807) is 0 Å². The number of hydrogen-bond donors (Lipinski definition) is 3. The van der Waals surface area contributed by atoms with Crippen molar-refractivity contribution in [3.05, 3.63) is 23.8 Å². The topological polar surface area (TPSA) is 88.7 Å². The number of carbonyl (C=O) groups excluding carboxylic acids is 2. The number of morpholine rings is 1. The molecule has 0 aliphatic carbocycles. The van der Waals surface area contributed by atoms with E-state index in [-0.39, 0.29) is 23.9 Å². The molecule has 3 rings (SSSR count). The van der Waals surface area contributed by atoms with Crippen LogP contribution in [0.25, 0.3) is 0 Å². The minimum absolute atomic E-state index is 0.0196.